The fourth-order valence-electron chi connectivity index (χ4n) is 2.65. The van der Waals surface area contributed by atoms with E-state index in [0.29, 0.717) is 4.75 Å². The van der Waals surface area contributed by atoms with Gasteiger partial charge in [-0.05, 0) is 63.0 Å². The van der Waals surface area contributed by atoms with Crippen molar-refractivity contribution in [2.75, 3.05) is 25.4 Å². The van der Waals surface area contributed by atoms with Crippen molar-refractivity contribution >= 4 is 17.7 Å². The molecular weight excluding hydrogens is 292 g/mol. The van der Waals surface area contributed by atoms with Crippen molar-refractivity contribution in [2.45, 2.75) is 44.8 Å². The van der Waals surface area contributed by atoms with E-state index in [1.807, 2.05) is 12.4 Å². The molecule has 1 unspecified atom stereocenters. The first-order valence-electron chi connectivity index (χ1n) is 8.18. The molecule has 0 bridgehead atoms. The Labute approximate surface area is 138 Å². The first-order valence-corrected chi connectivity index (χ1v) is 9.17. The summed E-state index contributed by atoms with van der Waals surface area (Å²) >= 11 is 2.06. The molecule has 122 valence electrons. The topological polar surface area (TPSA) is 49.3 Å². The van der Waals surface area contributed by atoms with Crippen LogP contribution in [0.25, 0.3) is 0 Å². The average molecular weight is 321 g/mol. The van der Waals surface area contributed by atoms with Crippen molar-refractivity contribution in [3.05, 3.63) is 29.6 Å². The summed E-state index contributed by atoms with van der Waals surface area (Å²) in [6.45, 7) is 9.22. The molecule has 0 radical (unpaired) electrons. The van der Waals surface area contributed by atoms with Gasteiger partial charge >= 0.3 is 0 Å². The van der Waals surface area contributed by atoms with Gasteiger partial charge in [0.05, 0.1) is 6.54 Å². The highest BCUT2D eigenvalue weighted by Crippen LogP contribution is 2.37. The molecule has 2 rings (SSSR count). The highest BCUT2D eigenvalue weighted by molar-refractivity contribution is 8.00. The lowest BCUT2D eigenvalue weighted by Gasteiger charge is -2.21. The lowest BCUT2D eigenvalue weighted by atomic mass is 10.1. The van der Waals surface area contributed by atoms with Crippen LogP contribution in [0.4, 0.5) is 0 Å². The van der Waals surface area contributed by atoms with Crippen molar-refractivity contribution in [2.24, 2.45) is 4.99 Å². The van der Waals surface area contributed by atoms with Crippen molar-refractivity contribution in [1.29, 1.82) is 0 Å². The van der Waals surface area contributed by atoms with Crippen LogP contribution in [0.5, 0.6) is 0 Å². The first kappa shape index (κ1) is 17.1. The number of rotatable bonds is 6. The fourth-order valence-corrected chi connectivity index (χ4v) is 3.87. The summed E-state index contributed by atoms with van der Waals surface area (Å²) in [7, 11) is 0. The van der Waals surface area contributed by atoms with Gasteiger partial charge in [0, 0.05) is 30.2 Å². The Morgan fingerprint density at radius 2 is 2.32 bits per heavy atom. The Balaban J connectivity index is 1.84. The van der Waals surface area contributed by atoms with Crippen LogP contribution in [0.3, 0.4) is 0 Å². The Bertz CT molecular complexity index is 495. The van der Waals surface area contributed by atoms with Gasteiger partial charge in [-0.2, -0.15) is 11.8 Å². The van der Waals surface area contributed by atoms with Gasteiger partial charge in [-0.1, -0.05) is 0 Å². The van der Waals surface area contributed by atoms with Gasteiger partial charge in [-0.25, -0.2) is 0 Å². The number of thioether (sulfide) groups is 1. The van der Waals surface area contributed by atoms with Gasteiger partial charge in [-0.3, -0.25) is 9.98 Å². The number of guanidine groups is 1. The Morgan fingerprint density at radius 1 is 1.45 bits per heavy atom. The Morgan fingerprint density at radius 3 is 3.00 bits per heavy atom. The van der Waals surface area contributed by atoms with Crippen LogP contribution in [0.15, 0.2) is 23.5 Å². The summed E-state index contributed by atoms with van der Waals surface area (Å²) in [5.74, 6) is 2.21. The van der Waals surface area contributed by atoms with Gasteiger partial charge in [-0.15, -0.1) is 0 Å². The van der Waals surface area contributed by atoms with Crippen molar-refractivity contribution in [1.82, 2.24) is 15.6 Å². The van der Waals surface area contributed by atoms with Gasteiger partial charge < -0.3 is 10.6 Å². The number of nitrogens with one attached hydrogen (secondary N) is 2. The summed E-state index contributed by atoms with van der Waals surface area (Å²) in [6, 6.07) is 2.09. The average Bonchev–Trinajstić information content (AvgIpc) is 2.94. The van der Waals surface area contributed by atoms with Gasteiger partial charge in [0.2, 0.25) is 0 Å². The van der Waals surface area contributed by atoms with Gasteiger partial charge in [0.1, 0.15) is 0 Å². The first-order chi connectivity index (χ1) is 10.6. The second kappa shape index (κ2) is 8.42. The molecule has 1 aliphatic heterocycles. The molecule has 0 aliphatic carbocycles. The molecule has 22 heavy (non-hydrogen) atoms. The van der Waals surface area contributed by atoms with Crippen LogP contribution >= 0.6 is 11.8 Å². The molecule has 4 nitrogen and oxygen atoms in total. The van der Waals surface area contributed by atoms with Gasteiger partial charge in [0.15, 0.2) is 5.96 Å². The molecule has 1 fully saturated rings. The zero-order chi connectivity index (χ0) is 15.8. The Kier molecular flexibility index (Phi) is 6.55. The van der Waals surface area contributed by atoms with E-state index in [1.165, 1.54) is 29.7 Å². The molecule has 1 aromatic heterocycles. The molecule has 2 N–H and O–H groups in total. The number of hydrogen-bond acceptors (Lipinski definition) is 3. The maximum absolute atomic E-state index is 4.78. The van der Waals surface area contributed by atoms with E-state index in [9.17, 15) is 0 Å². The van der Waals surface area contributed by atoms with Crippen LogP contribution in [-0.4, -0.2) is 41.1 Å². The highest BCUT2D eigenvalue weighted by Gasteiger charge is 2.29. The second-order valence-electron chi connectivity index (χ2n) is 6.08. The number of nitrogens with zero attached hydrogens (tertiary/aromatic N) is 2. The molecule has 1 aliphatic rings. The van der Waals surface area contributed by atoms with Crippen molar-refractivity contribution in [3.63, 3.8) is 0 Å². The molecule has 5 heteroatoms. The zero-order valence-corrected chi connectivity index (χ0v) is 14.8. The number of hydrogen-bond donors (Lipinski definition) is 2. The molecule has 0 spiro atoms. The van der Waals surface area contributed by atoms with Crippen LogP contribution < -0.4 is 10.6 Å². The lowest BCUT2D eigenvalue weighted by molar-refractivity contribution is 0.614. The lowest BCUT2D eigenvalue weighted by Crippen LogP contribution is -2.39. The van der Waals surface area contributed by atoms with Crippen LogP contribution in [0, 0.1) is 6.92 Å². The quantitative estimate of drug-likeness (QED) is 0.625. The number of pyridine rings is 1. The predicted molar refractivity (Wildman–Crippen MR) is 96.8 cm³/mol. The predicted octanol–water partition coefficient (Wildman–Crippen LogP) is 2.77. The van der Waals surface area contributed by atoms with E-state index in [1.54, 1.807) is 0 Å². The van der Waals surface area contributed by atoms with E-state index >= 15 is 0 Å². The van der Waals surface area contributed by atoms with E-state index in [0.717, 1.165) is 32.0 Å². The zero-order valence-electron chi connectivity index (χ0n) is 14.0. The van der Waals surface area contributed by atoms with Gasteiger partial charge in [0.25, 0.3) is 0 Å². The normalized spacial score (nSPS) is 21.9. The third-order valence-corrected chi connectivity index (χ3v) is 5.56. The maximum atomic E-state index is 4.78. The van der Waals surface area contributed by atoms with E-state index in [-0.39, 0.29) is 0 Å². The summed E-state index contributed by atoms with van der Waals surface area (Å²) in [4.78, 5) is 8.92. The minimum absolute atomic E-state index is 0.323. The second-order valence-corrected chi connectivity index (χ2v) is 7.76. The summed E-state index contributed by atoms with van der Waals surface area (Å²) in [5.41, 5.74) is 2.60. The molecule has 0 saturated carbocycles. The summed E-state index contributed by atoms with van der Waals surface area (Å²) in [5, 5.41) is 6.79. The largest absolute Gasteiger partial charge is 0.357 e. The van der Waals surface area contributed by atoms with Crippen molar-refractivity contribution in [3.8, 4) is 0 Å². The Hall–Kier alpha value is -1.23. The number of aliphatic imine (C=N–C) groups is 1. The van der Waals surface area contributed by atoms with Crippen LogP contribution in [0.2, 0.25) is 0 Å². The number of aromatic nitrogens is 1. The molecule has 2 heterocycles. The minimum Gasteiger partial charge on any atom is -0.357 e. The third-order valence-electron chi connectivity index (χ3n) is 4.04. The van der Waals surface area contributed by atoms with Crippen molar-refractivity contribution < 1.29 is 0 Å². The van der Waals surface area contributed by atoms with Crippen LogP contribution in [0.1, 0.15) is 37.8 Å². The fraction of sp³-hybridized carbons (Fsp3) is 0.647. The summed E-state index contributed by atoms with van der Waals surface area (Å²) < 4.78 is 0.323. The molecule has 0 aromatic carbocycles. The number of aryl methyl sites for hydroxylation is 1. The molecule has 1 aromatic rings. The van der Waals surface area contributed by atoms with E-state index in [2.05, 4.69) is 54.2 Å². The monoisotopic (exact) mass is 320 g/mol. The highest BCUT2D eigenvalue weighted by atomic mass is 32.2. The molecule has 1 atom stereocenters. The minimum atomic E-state index is 0.323. The smallest absolute Gasteiger partial charge is 0.191 e. The molecular formula is C17H28N4S. The summed E-state index contributed by atoms with van der Waals surface area (Å²) in [6.07, 6.45) is 7.37. The van der Waals surface area contributed by atoms with Crippen LogP contribution in [-0.2, 0) is 6.42 Å². The van der Waals surface area contributed by atoms with E-state index < -0.39 is 0 Å². The SMILES string of the molecule is CCNC(=NCC1(C)CCCS1)NCCc1ccncc1C. The van der Waals surface area contributed by atoms with E-state index in [4.69, 9.17) is 4.99 Å². The third kappa shape index (κ3) is 5.20. The maximum Gasteiger partial charge on any atom is 0.191 e. The molecule has 1 saturated heterocycles. The molecule has 0 amide bonds. The standard InChI is InChI=1S/C17H28N4S/c1-4-19-16(21-13-17(3)8-5-11-22-17)20-10-7-15-6-9-18-12-14(15)2/h6,9,12H,4-5,7-8,10-11,13H2,1-3H3,(H2,19,20,21).